The molecule has 3 N–H and O–H groups in total. The van der Waals surface area contributed by atoms with Crippen LogP contribution in [0.2, 0.25) is 25.2 Å². The predicted octanol–water partition coefficient (Wildman–Crippen LogP) is 0.678. The molecule has 0 aromatic heterocycles. The number of aliphatic hydroxyl groups is 3. The summed E-state index contributed by atoms with van der Waals surface area (Å²) in [5.74, 6) is 0. The molecule has 0 aromatic carbocycles. The van der Waals surface area contributed by atoms with Gasteiger partial charge in [-0.05, 0) is 5.54 Å². The van der Waals surface area contributed by atoms with Gasteiger partial charge in [0.2, 0.25) is 0 Å². The summed E-state index contributed by atoms with van der Waals surface area (Å²) < 4.78 is 0. The molecular weight excluding hydrogens is 184 g/mol. The summed E-state index contributed by atoms with van der Waals surface area (Å²) in [7, 11) is -1.44. The molecule has 0 saturated heterocycles. The van der Waals surface area contributed by atoms with Crippen LogP contribution in [0.4, 0.5) is 0 Å². The lowest BCUT2D eigenvalue weighted by atomic mass is 9.87. The van der Waals surface area contributed by atoms with Gasteiger partial charge in [-0.2, -0.15) is 0 Å². The van der Waals surface area contributed by atoms with E-state index in [9.17, 15) is 15.3 Å². The summed E-state index contributed by atoms with van der Waals surface area (Å²) in [5, 5.41) is 27.6. The van der Waals surface area contributed by atoms with Crippen LogP contribution >= 0.6 is 0 Å². The zero-order valence-corrected chi connectivity index (χ0v) is 10.0. The molecule has 3 nitrogen and oxygen atoms in total. The number of hydrogen-bond acceptors (Lipinski definition) is 3. The molecule has 13 heavy (non-hydrogen) atoms. The Hall–Kier alpha value is 0.0969. The molecule has 0 amide bonds. The molecule has 0 saturated carbocycles. The van der Waals surface area contributed by atoms with Gasteiger partial charge in [0.15, 0.2) is 0 Å². The molecule has 0 aliphatic rings. The summed E-state index contributed by atoms with van der Waals surface area (Å²) in [6.45, 7) is 8.09. The van der Waals surface area contributed by atoms with E-state index in [0.717, 1.165) is 0 Å². The number of rotatable bonds is 5. The monoisotopic (exact) mass is 206 g/mol. The maximum atomic E-state index is 9.21. The van der Waals surface area contributed by atoms with E-state index in [4.69, 9.17) is 0 Å². The SMILES string of the molecule is CC(C(CO)(CO)CO)[Si](C)(C)C. The summed E-state index contributed by atoms with van der Waals surface area (Å²) in [6, 6.07) is 0. The van der Waals surface area contributed by atoms with E-state index in [1.807, 2.05) is 6.92 Å². The molecule has 0 aliphatic carbocycles. The standard InChI is InChI=1S/C9H22O3Si/c1-8(13(2,3)4)9(5-10,6-11)7-12/h8,10-12H,5-7H2,1-4H3. The second-order valence-electron chi connectivity index (χ2n) is 4.92. The number of aliphatic hydroxyl groups excluding tert-OH is 3. The van der Waals surface area contributed by atoms with Crippen molar-refractivity contribution in [1.29, 1.82) is 0 Å². The molecule has 0 rings (SSSR count). The van der Waals surface area contributed by atoms with E-state index in [2.05, 4.69) is 19.6 Å². The fraction of sp³-hybridized carbons (Fsp3) is 1.00. The van der Waals surface area contributed by atoms with Crippen molar-refractivity contribution >= 4 is 8.07 Å². The first-order valence-corrected chi connectivity index (χ1v) is 8.24. The first-order chi connectivity index (χ1) is 5.84. The highest BCUT2D eigenvalue weighted by atomic mass is 28.3. The van der Waals surface area contributed by atoms with Crippen LogP contribution in [-0.2, 0) is 0 Å². The predicted molar refractivity (Wildman–Crippen MR) is 56.5 cm³/mol. The minimum absolute atomic E-state index is 0.147. The van der Waals surface area contributed by atoms with E-state index < -0.39 is 13.5 Å². The summed E-state index contributed by atoms with van der Waals surface area (Å²) in [5.41, 5.74) is -0.509. The van der Waals surface area contributed by atoms with E-state index in [-0.39, 0.29) is 25.4 Å². The quantitative estimate of drug-likeness (QED) is 0.580. The zero-order chi connectivity index (χ0) is 10.7. The molecule has 1 atom stereocenters. The molecule has 0 radical (unpaired) electrons. The third kappa shape index (κ3) is 2.77. The van der Waals surface area contributed by atoms with Crippen molar-refractivity contribution in [1.82, 2.24) is 0 Å². The van der Waals surface area contributed by atoms with E-state index >= 15 is 0 Å². The van der Waals surface area contributed by atoms with Gasteiger partial charge >= 0.3 is 0 Å². The lowest BCUT2D eigenvalue weighted by Crippen LogP contribution is -2.46. The lowest BCUT2D eigenvalue weighted by molar-refractivity contribution is 0.00173. The molecule has 0 heterocycles. The van der Waals surface area contributed by atoms with Gasteiger partial charge in [0.25, 0.3) is 0 Å². The van der Waals surface area contributed by atoms with E-state index in [1.54, 1.807) is 0 Å². The van der Waals surface area contributed by atoms with Crippen LogP contribution in [0.5, 0.6) is 0 Å². The Morgan fingerprint density at radius 3 is 1.38 bits per heavy atom. The molecule has 0 aliphatic heterocycles. The minimum Gasteiger partial charge on any atom is -0.396 e. The molecule has 1 unspecified atom stereocenters. The van der Waals surface area contributed by atoms with Crippen molar-refractivity contribution in [3.63, 3.8) is 0 Å². The normalized spacial score (nSPS) is 15.9. The molecule has 4 heteroatoms. The Balaban J connectivity index is 4.73. The smallest absolute Gasteiger partial charge is 0.0531 e. The Labute approximate surface area is 81.4 Å². The van der Waals surface area contributed by atoms with E-state index in [0.29, 0.717) is 0 Å². The molecule has 80 valence electrons. The van der Waals surface area contributed by atoms with Gasteiger partial charge in [-0.1, -0.05) is 26.6 Å². The lowest BCUT2D eigenvalue weighted by Gasteiger charge is -2.41. The maximum Gasteiger partial charge on any atom is 0.0531 e. The van der Waals surface area contributed by atoms with Crippen molar-refractivity contribution in [3.8, 4) is 0 Å². The Morgan fingerprint density at radius 1 is 1.00 bits per heavy atom. The van der Waals surface area contributed by atoms with Gasteiger partial charge in [-0.3, -0.25) is 0 Å². The van der Waals surface area contributed by atoms with Gasteiger partial charge in [0, 0.05) is 13.5 Å². The number of hydrogen-bond donors (Lipinski definition) is 3. The molecule has 0 spiro atoms. The zero-order valence-electron chi connectivity index (χ0n) is 9.04. The molecular formula is C9H22O3Si. The summed E-state index contributed by atoms with van der Waals surface area (Å²) in [4.78, 5) is 0. The van der Waals surface area contributed by atoms with Gasteiger partial charge < -0.3 is 15.3 Å². The van der Waals surface area contributed by atoms with Crippen LogP contribution in [0.1, 0.15) is 6.92 Å². The van der Waals surface area contributed by atoms with Crippen molar-refractivity contribution in [3.05, 3.63) is 0 Å². The molecule has 0 aromatic rings. The van der Waals surface area contributed by atoms with Crippen LogP contribution in [-0.4, -0.2) is 43.2 Å². The van der Waals surface area contributed by atoms with Gasteiger partial charge in [0.1, 0.15) is 0 Å². The second-order valence-corrected chi connectivity index (χ2v) is 10.5. The second kappa shape index (κ2) is 4.55. The van der Waals surface area contributed by atoms with Crippen LogP contribution in [0.3, 0.4) is 0 Å². The summed E-state index contributed by atoms with van der Waals surface area (Å²) >= 11 is 0. The fourth-order valence-corrected chi connectivity index (χ4v) is 3.59. The van der Waals surface area contributed by atoms with Crippen LogP contribution < -0.4 is 0 Å². The van der Waals surface area contributed by atoms with Crippen LogP contribution in [0.25, 0.3) is 0 Å². The Bertz CT molecular complexity index is 141. The topological polar surface area (TPSA) is 60.7 Å². The average molecular weight is 206 g/mol. The first-order valence-electron chi connectivity index (χ1n) is 4.66. The first kappa shape index (κ1) is 13.1. The van der Waals surface area contributed by atoms with Crippen molar-refractivity contribution in [2.24, 2.45) is 5.41 Å². The third-order valence-corrected chi connectivity index (χ3v) is 6.37. The van der Waals surface area contributed by atoms with Crippen molar-refractivity contribution in [2.45, 2.75) is 32.1 Å². The third-order valence-electron chi connectivity index (χ3n) is 3.16. The Kier molecular flexibility index (Phi) is 4.58. The Morgan fingerprint density at radius 2 is 1.31 bits per heavy atom. The summed E-state index contributed by atoms with van der Waals surface area (Å²) in [6.07, 6.45) is 0. The van der Waals surface area contributed by atoms with E-state index in [1.165, 1.54) is 0 Å². The van der Waals surface area contributed by atoms with Crippen molar-refractivity contribution in [2.75, 3.05) is 19.8 Å². The van der Waals surface area contributed by atoms with Crippen LogP contribution in [0, 0.1) is 5.41 Å². The largest absolute Gasteiger partial charge is 0.396 e. The fourth-order valence-electron chi connectivity index (χ4n) is 1.48. The highest BCUT2D eigenvalue weighted by molar-refractivity contribution is 6.77. The van der Waals surface area contributed by atoms with Gasteiger partial charge in [-0.25, -0.2) is 0 Å². The maximum absolute atomic E-state index is 9.21. The van der Waals surface area contributed by atoms with Gasteiger partial charge in [0.05, 0.1) is 19.8 Å². The van der Waals surface area contributed by atoms with Crippen LogP contribution in [0.15, 0.2) is 0 Å². The molecule has 0 fully saturated rings. The minimum atomic E-state index is -1.44. The van der Waals surface area contributed by atoms with Crippen molar-refractivity contribution < 1.29 is 15.3 Å². The highest BCUT2D eigenvalue weighted by Crippen LogP contribution is 2.38. The highest BCUT2D eigenvalue weighted by Gasteiger charge is 2.41. The van der Waals surface area contributed by atoms with Gasteiger partial charge in [-0.15, -0.1) is 0 Å². The average Bonchev–Trinajstić information content (AvgIpc) is 2.07. The molecule has 0 bridgehead atoms.